The largest absolute Gasteiger partial charge is 0.362 e. The topological polar surface area (TPSA) is 27.6 Å². The third kappa shape index (κ3) is 2.98. The Morgan fingerprint density at radius 2 is 1.81 bits per heavy atom. The van der Waals surface area contributed by atoms with Gasteiger partial charge < -0.3 is 10.2 Å². The maximum atomic E-state index is 5.07. The smallest absolute Gasteiger partial charge is 0.157 e. The third-order valence-corrected chi connectivity index (χ3v) is 7.35. The molecule has 118 valence electrons. The van der Waals surface area contributed by atoms with Crippen LogP contribution < -0.4 is 5.32 Å². The lowest BCUT2D eigenvalue weighted by Crippen LogP contribution is -2.55. The Kier molecular flexibility index (Phi) is 4.19. The van der Waals surface area contributed by atoms with E-state index in [2.05, 4.69) is 17.3 Å². The highest BCUT2D eigenvalue weighted by atomic mass is 32.2. The summed E-state index contributed by atoms with van der Waals surface area (Å²) in [5, 5.41) is 5.10. The van der Waals surface area contributed by atoms with Gasteiger partial charge in [-0.2, -0.15) is 0 Å². The number of hydrogen-bond donors (Lipinski definition) is 1. The van der Waals surface area contributed by atoms with Crippen LogP contribution >= 0.6 is 11.8 Å². The first-order valence-corrected chi connectivity index (χ1v) is 9.97. The number of piperidine rings is 2. The molecule has 2 saturated heterocycles. The molecule has 3 aliphatic heterocycles. The van der Waals surface area contributed by atoms with Crippen LogP contribution in [-0.4, -0.2) is 47.0 Å². The van der Waals surface area contributed by atoms with Gasteiger partial charge in [-0.15, -0.1) is 0 Å². The van der Waals surface area contributed by atoms with Crippen molar-refractivity contribution in [2.45, 2.75) is 82.0 Å². The first-order chi connectivity index (χ1) is 10.3. The summed E-state index contributed by atoms with van der Waals surface area (Å²) >= 11 is 2.00. The minimum Gasteiger partial charge on any atom is -0.362 e. The molecular formula is C17H29N3S. The minimum absolute atomic E-state index is 0.633. The van der Waals surface area contributed by atoms with Crippen molar-refractivity contribution < 1.29 is 0 Å². The van der Waals surface area contributed by atoms with Gasteiger partial charge in [-0.3, -0.25) is 4.99 Å². The SMILES string of the molecule is CN1C2CCCC1CC(NC1=NC3CCCCC3CS1)C2. The maximum Gasteiger partial charge on any atom is 0.157 e. The molecule has 0 aromatic carbocycles. The van der Waals surface area contributed by atoms with Crippen LogP contribution in [0.5, 0.6) is 0 Å². The van der Waals surface area contributed by atoms with Crippen LogP contribution in [0.25, 0.3) is 0 Å². The molecule has 0 spiro atoms. The number of nitrogens with one attached hydrogen (secondary N) is 1. The van der Waals surface area contributed by atoms with Gasteiger partial charge in [-0.05, 0) is 51.5 Å². The Hall–Kier alpha value is -0.220. The molecular weight excluding hydrogens is 278 g/mol. The molecule has 1 N–H and O–H groups in total. The molecule has 4 unspecified atom stereocenters. The molecule has 0 aromatic rings. The number of nitrogens with zero attached hydrogens (tertiary/aromatic N) is 2. The predicted molar refractivity (Wildman–Crippen MR) is 91.0 cm³/mol. The summed E-state index contributed by atoms with van der Waals surface area (Å²) in [5.74, 6) is 2.17. The van der Waals surface area contributed by atoms with Crippen molar-refractivity contribution in [2.24, 2.45) is 10.9 Å². The Labute approximate surface area is 133 Å². The van der Waals surface area contributed by atoms with E-state index in [4.69, 9.17) is 4.99 Å². The summed E-state index contributed by atoms with van der Waals surface area (Å²) in [7, 11) is 2.34. The highest BCUT2D eigenvalue weighted by molar-refractivity contribution is 8.13. The van der Waals surface area contributed by atoms with E-state index in [9.17, 15) is 0 Å². The molecule has 0 amide bonds. The molecule has 4 rings (SSSR count). The van der Waals surface area contributed by atoms with Crippen molar-refractivity contribution in [2.75, 3.05) is 12.8 Å². The molecule has 3 heterocycles. The highest BCUT2D eigenvalue weighted by Crippen LogP contribution is 2.35. The molecule has 1 saturated carbocycles. The van der Waals surface area contributed by atoms with Gasteiger partial charge in [0.05, 0.1) is 6.04 Å². The minimum atomic E-state index is 0.633. The molecule has 1 aliphatic carbocycles. The molecule has 4 heteroatoms. The summed E-state index contributed by atoms with van der Waals surface area (Å²) < 4.78 is 0. The normalized spacial score (nSPS) is 43.9. The second-order valence-corrected chi connectivity index (χ2v) is 8.58. The number of hydrogen-bond acceptors (Lipinski definition) is 4. The third-order valence-electron chi connectivity index (χ3n) is 6.25. The van der Waals surface area contributed by atoms with Gasteiger partial charge in [0.15, 0.2) is 5.17 Å². The first-order valence-electron chi connectivity index (χ1n) is 8.98. The monoisotopic (exact) mass is 307 g/mol. The van der Waals surface area contributed by atoms with Crippen molar-refractivity contribution in [3.05, 3.63) is 0 Å². The lowest BCUT2D eigenvalue weighted by Gasteiger charge is -2.47. The second-order valence-electron chi connectivity index (χ2n) is 7.57. The van der Waals surface area contributed by atoms with Crippen molar-refractivity contribution >= 4 is 16.9 Å². The van der Waals surface area contributed by atoms with Gasteiger partial charge >= 0.3 is 0 Å². The standard InChI is InChI=1S/C17H29N3S/c1-20-14-6-4-7-15(20)10-13(9-14)18-17-19-16-8-3-2-5-12(16)11-21-17/h12-16H,2-11H2,1H3,(H,18,19). The van der Waals surface area contributed by atoms with Crippen LogP contribution in [0.15, 0.2) is 4.99 Å². The number of rotatable bonds is 1. The maximum absolute atomic E-state index is 5.07. The van der Waals surface area contributed by atoms with E-state index < -0.39 is 0 Å². The Balaban J connectivity index is 1.39. The Morgan fingerprint density at radius 3 is 2.62 bits per heavy atom. The zero-order valence-electron chi connectivity index (χ0n) is 13.3. The number of amidine groups is 1. The van der Waals surface area contributed by atoms with Crippen molar-refractivity contribution in [1.82, 2.24) is 10.2 Å². The molecule has 3 nitrogen and oxygen atoms in total. The van der Waals surface area contributed by atoms with Gasteiger partial charge in [0.1, 0.15) is 0 Å². The first kappa shape index (κ1) is 14.4. The van der Waals surface area contributed by atoms with Crippen molar-refractivity contribution in [3.63, 3.8) is 0 Å². The molecule has 0 aromatic heterocycles. The lowest BCUT2D eigenvalue weighted by molar-refractivity contribution is 0.0530. The molecule has 3 fully saturated rings. The summed E-state index contributed by atoms with van der Waals surface area (Å²) in [6.07, 6.45) is 12.4. The number of fused-ring (bicyclic) bond motifs is 3. The average molecular weight is 308 g/mol. The van der Waals surface area contributed by atoms with E-state index in [0.717, 1.165) is 18.0 Å². The zero-order chi connectivity index (χ0) is 14.2. The zero-order valence-corrected chi connectivity index (χ0v) is 14.1. The van der Waals surface area contributed by atoms with Crippen LogP contribution in [0, 0.1) is 5.92 Å². The van der Waals surface area contributed by atoms with Gasteiger partial charge in [-0.25, -0.2) is 0 Å². The van der Waals surface area contributed by atoms with Crippen LogP contribution in [0.3, 0.4) is 0 Å². The summed E-state index contributed by atoms with van der Waals surface area (Å²) in [6, 6.07) is 2.93. The van der Waals surface area contributed by atoms with E-state index in [1.165, 1.54) is 68.7 Å². The van der Waals surface area contributed by atoms with Crippen LogP contribution in [0.4, 0.5) is 0 Å². The van der Waals surface area contributed by atoms with E-state index in [1.54, 1.807) is 0 Å². The molecule has 0 radical (unpaired) electrons. The number of aliphatic imine (C=N–C) groups is 1. The van der Waals surface area contributed by atoms with Gasteiger partial charge in [0.2, 0.25) is 0 Å². The van der Waals surface area contributed by atoms with E-state index in [1.807, 2.05) is 11.8 Å². The van der Waals surface area contributed by atoms with Crippen molar-refractivity contribution in [1.29, 1.82) is 0 Å². The predicted octanol–water partition coefficient (Wildman–Crippen LogP) is 3.25. The van der Waals surface area contributed by atoms with E-state index >= 15 is 0 Å². The van der Waals surface area contributed by atoms with Crippen molar-refractivity contribution in [3.8, 4) is 0 Å². The summed E-state index contributed by atoms with van der Waals surface area (Å²) in [4.78, 5) is 7.71. The van der Waals surface area contributed by atoms with Crippen LogP contribution in [-0.2, 0) is 0 Å². The fourth-order valence-corrected chi connectivity index (χ4v) is 6.13. The average Bonchev–Trinajstić information content (AvgIpc) is 2.48. The quantitative estimate of drug-likeness (QED) is 0.806. The summed E-state index contributed by atoms with van der Waals surface area (Å²) in [6.45, 7) is 0. The Bertz CT molecular complexity index is 397. The second kappa shape index (κ2) is 6.11. The number of thioether (sulfide) groups is 1. The molecule has 21 heavy (non-hydrogen) atoms. The van der Waals surface area contributed by atoms with Gasteiger partial charge in [-0.1, -0.05) is 31.0 Å². The molecule has 4 atom stereocenters. The highest BCUT2D eigenvalue weighted by Gasteiger charge is 2.37. The molecule has 4 aliphatic rings. The van der Waals surface area contributed by atoms with E-state index in [0.29, 0.717) is 12.1 Å². The van der Waals surface area contributed by atoms with E-state index in [-0.39, 0.29) is 0 Å². The lowest BCUT2D eigenvalue weighted by atomic mass is 9.82. The van der Waals surface area contributed by atoms with Crippen LogP contribution in [0.2, 0.25) is 0 Å². The van der Waals surface area contributed by atoms with Crippen LogP contribution in [0.1, 0.15) is 57.8 Å². The van der Waals surface area contributed by atoms with Gasteiger partial charge in [0.25, 0.3) is 0 Å². The fraction of sp³-hybridized carbons (Fsp3) is 0.941. The molecule has 2 bridgehead atoms. The summed E-state index contributed by atoms with van der Waals surface area (Å²) in [5.41, 5.74) is 0. The fourth-order valence-electron chi connectivity index (χ4n) is 4.91. The van der Waals surface area contributed by atoms with Gasteiger partial charge in [0, 0.05) is 23.9 Å². The Morgan fingerprint density at radius 1 is 1.05 bits per heavy atom.